The fourth-order valence-electron chi connectivity index (χ4n) is 3.36. The third-order valence-electron chi connectivity index (χ3n) is 5.30. The largest absolute Gasteiger partial charge is 0.480 e. The summed E-state index contributed by atoms with van der Waals surface area (Å²) in [4.78, 5) is 25.0. The van der Waals surface area contributed by atoms with E-state index in [1.807, 2.05) is 68.4 Å². The van der Waals surface area contributed by atoms with Gasteiger partial charge >= 0.3 is 5.97 Å². The zero-order chi connectivity index (χ0) is 24.0. The molecule has 0 saturated heterocycles. The first-order chi connectivity index (χ1) is 15.6. The van der Waals surface area contributed by atoms with E-state index in [4.69, 9.17) is 4.42 Å². The first-order valence-corrected chi connectivity index (χ1v) is 11.6. The summed E-state index contributed by atoms with van der Waals surface area (Å²) in [5, 5.41) is 15.7. The van der Waals surface area contributed by atoms with Crippen molar-refractivity contribution in [1.82, 2.24) is 5.32 Å². The summed E-state index contributed by atoms with van der Waals surface area (Å²) in [6, 6.07) is 17.1. The van der Waals surface area contributed by atoms with E-state index < -0.39 is 10.7 Å². The maximum Gasteiger partial charge on any atom is 0.319 e. The molecule has 0 aliphatic rings. The van der Waals surface area contributed by atoms with Crippen LogP contribution in [0.2, 0.25) is 0 Å². The molecule has 0 spiro atoms. The highest BCUT2D eigenvalue weighted by atomic mass is 32.2. The summed E-state index contributed by atoms with van der Waals surface area (Å²) in [6.45, 7) is 7.91. The van der Waals surface area contributed by atoms with Crippen molar-refractivity contribution < 1.29 is 19.1 Å². The minimum Gasteiger partial charge on any atom is -0.480 e. The zero-order valence-electron chi connectivity index (χ0n) is 19.3. The van der Waals surface area contributed by atoms with Gasteiger partial charge in [0.1, 0.15) is 10.5 Å². The van der Waals surface area contributed by atoms with Crippen LogP contribution in [0.5, 0.6) is 0 Å². The highest BCUT2D eigenvalue weighted by Gasteiger charge is 2.28. The molecule has 0 aliphatic carbocycles. The van der Waals surface area contributed by atoms with Crippen molar-refractivity contribution in [3.8, 4) is 0 Å². The Balaban J connectivity index is 1.63. The van der Waals surface area contributed by atoms with Crippen molar-refractivity contribution in [1.29, 1.82) is 0 Å². The Labute approximate surface area is 198 Å². The number of furan rings is 1. The van der Waals surface area contributed by atoms with E-state index in [0.29, 0.717) is 12.3 Å². The normalized spacial score (nSPS) is 12.4. The molecule has 0 radical (unpaired) electrons. The average molecular weight is 467 g/mol. The monoisotopic (exact) mass is 466 g/mol. The molecule has 1 atom stereocenters. The molecule has 1 heterocycles. The molecule has 2 aromatic carbocycles. The van der Waals surface area contributed by atoms with Crippen molar-refractivity contribution in [2.24, 2.45) is 0 Å². The van der Waals surface area contributed by atoms with E-state index in [9.17, 15) is 14.7 Å². The first kappa shape index (κ1) is 24.6. The van der Waals surface area contributed by atoms with Gasteiger partial charge in [-0.3, -0.25) is 9.59 Å². The number of aliphatic carboxylic acids is 1. The zero-order valence-corrected chi connectivity index (χ0v) is 20.2. The fraction of sp³-hybridized carbons (Fsp3) is 0.308. The van der Waals surface area contributed by atoms with Gasteiger partial charge in [-0.25, -0.2) is 0 Å². The quantitative estimate of drug-likeness (QED) is 0.332. The molecule has 7 heteroatoms. The number of thioether (sulfide) groups is 1. The molecule has 174 valence electrons. The van der Waals surface area contributed by atoms with Gasteiger partial charge in [-0.05, 0) is 69.2 Å². The summed E-state index contributed by atoms with van der Waals surface area (Å²) in [5.74, 6) is -0.252. The standard InChI is InChI=1S/C26H30N2O4S/c1-17-7-12-21(18(2)14-17)28-24(29)15-22(23-6-5-13-32-23)27-16-19-8-10-20(11-9-19)33-26(3,4)25(30)31/h5-14,22,27H,15-16H2,1-4H3,(H,28,29)(H,30,31). The number of hydrogen-bond donors (Lipinski definition) is 3. The number of anilines is 1. The molecule has 6 nitrogen and oxygen atoms in total. The Morgan fingerprint density at radius 3 is 2.42 bits per heavy atom. The predicted octanol–water partition coefficient (Wildman–Crippen LogP) is 5.71. The number of carboxylic acid groups (broad SMARTS) is 1. The van der Waals surface area contributed by atoms with Crippen LogP contribution in [0.1, 0.15) is 48.8 Å². The van der Waals surface area contributed by atoms with Gasteiger partial charge in [0.05, 0.1) is 12.3 Å². The van der Waals surface area contributed by atoms with Gasteiger partial charge in [-0.2, -0.15) is 0 Å². The van der Waals surface area contributed by atoms with Crippen molar-refractivity contribution in [3.05, 3.63) is 83.3 Å². The van der Waals surface area contributed by atoms with Gasteiger partial charge in [0.25, 0.3) is 0 Å². The lowest BCUT2D eigenvalue weighted by Crippen LogP contribution is -2.27. The number of carbonyl (C=O) groups is 2. The van der Waals surface area contributed by atoms with Crippen LogP contribution in [0.3, 0.4) is 0 Å². The van der Waals surface area contributed by atoms with E-state index in [-0.39, 0.29) is 18.4 Å². The van der Waals surface area contributed by atoms with Crippen LogP contribution in [-0.4, -0.2) is 21.7 Å². The third kappa shape index (κ3) is 6.97. The Morgan fingerprint density at radius 2 is 1.82 bits per heavy atom. The molecule has 3 aromatic rings. The van der Waals surface area contributed by atoms with Crippen LogP contribution in [0.25, 0.3) is 0 Å². The van der Waals surface area contributed by atoms with E-state index in [1.165, 1.54) is 11.8 Å². The van der Waals surface area contributed by atoms with Crippen LogP contribution in [-0.2, 0) is 16.1 Å². The number of aryl methyl sites for hydroxylation is 2. The number of carbonyl (C=O) groups excluding carboxylic acids is 1. The van der Waals surface area contributed by atoms with Gasteiger partial charge in [0, 0.05) is 23.5 Å². The minimum atomic E-state index is -0.896. The number of amides is 1. The van der Waals surface area contributed by atoms with Gasteiger partial charge < -0.3 is 20.2 Å². The Hall–Kier alpha value is -3.03. The fourth-order valence-corrected chi connectivity index (χ4v) is 4.31. The van der Waals surface area contributed by atoms with Crippen molar-refractivity contribution >= 4 is 29.3 Å². The van der Waals surface area contributed by atoms with Crippen molar-refractivity contribution in [2.75, 3.05) is 5.32 Å². The van der Waals surface area contributed by atoms with Crippen molar-refractivity contribution in [2.45, 2.75) is 56.3 Å². The Morgan fingerprint density at radius 1 is 1.09 bits per heavy atom. The van der Waals surface area contributed by atoms with Crippen molar-refractivity contribution in [3.63, 3.8) is 0 Å². The molecular weight excluding hydrogens is 436 g/mol. The maximum absolute atomic E-state index is 12.8. The van der Waals surface area contributed by atoms with E-state index in [0.717, 1.165) is 27.3 Å². The minimum absolute atomic E-state index is 0.0986. The molecule has 1 unspecified atom stereocenters. The van der Waals surface area contributed by atoms with Gasteiger partial charge in [0.2, 0.25) is 5.91 Å². The van der Waals surface area contributed by atoms with E-state index in [2.05, 4.69) is 10.6 Å². The lowest BCUT2D eigenvalue weighted by Gasteiger charge is -2.19. The molecule has 1 amide bonds. The summed E-state index contributed by atoms with van der Waals surface area (Å²) < 4.78 is 4.67. The molecule has 1 aromatic heterocycles. The molecule has 0 bridgehead atoms. The van der Waals surface area contributed by atoms with E-state index in [1.54, 1.807) is 20.1 Å². The SMILES string of the molecule is Cc1ccc(NC(=O)CC(NCc2ccc(SC(C)(C)C(=O)O)cc2)c2ccco2)c(C)c1. The summed E-state index contributed by atoms with van der Waals surface area (Å²) in [7, 11) is 0. The molecule has 0 fully saturated rings. The number of rotatable bonds is 10. The summed E-state index contributed by atoms with van der Waals surface area (Å²) in [6.07, 6.45) is 1.82. The molecule has 33 heavy (non-hydrogen) atoms. The van der Waals surface area contributed by atoms with Crippen LogP contribution >= 0.6 is 11.8 Å². The van der Waals surface area contributed by atoms with Crippen LogP contribution in [0.4, 0.5) is 5.69 Å². The number of hydrogen-bond acceptors (Lipinski definition) is 5. The number of benzene rings is 2. The Kier molecular flexibility index (Phi) is 8.00. The van der Waals surface area contributed by atoms with Crippen LogP contribution in [0, 0.1) is 13.8 Å². The van der Waals surface area contributed by atoms with Gasteiger partial charge in [-0.15, -0.1) is 11.8 Å². The molecular formula is C26H30N2O4S. The molecule has 3 N–H and O–H groups in total. The smallest absolute Gasteiger partial charge is 0.319 e. The second kappa shape index (κ2) is 10.7. The molecule has 0 aliphatic heterocycles. The molecule has 0 saturated carbocycles. The highest BCUT2D eigenvalue weighted by Crippen LogP contribution is 2.32. The maximum atomic E-state index is 12.8. The number of nitrogens with one attached hydrogen (secondary N) is 2. The lowest BCUT2D eigenvalue weighted by atomic mass is 10.1. The van der Waals surface area contributed by atoms with Gasteiger partial charge in [0.15, 0.2) is 0 Å². The number of carboxylic acids is 1. The Bertz CT molecular complexity index is 1090. The summed E-state index contributed by atoms with van der Waals surface area (Å²) >= 11 is 1.31. The second-order valence-corrected chi connectivity index (χ2v) is 10.3. The second-order valence-electron chi connectivity index (χ2n) is 8.58. The highest BCUT2D eigenvalue weighted by molar-refractivity contribution is 8.01. The van der Waals surface area contributed by atoms with Gasteiger partial charge in [-0.1, -0.05) is 29.8 Å². The van der Waals surface area contributed by atoms with Crippen LogP contribution in [0.15, 0.2) is 70.2 Å². The van der Waals surface area contributed by atoms with Crippen LogP contribution < -0.4 is 10.6 Å². The van der Waals surface area contributed by atoms with E-state index >= 15 is 0 Å². The lowest BCUT2D eigenvalue weighted by molar-refractivity contribution is -0.138. The predicted molar refractivity (Wildman–Crippen MR) is 131 cm³/mol. The first-order valence-electron chi connectivity index (χ1n) is 10.8. The molecule has 3 rings (SSSR count). The average Bonchev–Trinajstić information content (AvgIpc) is 3.29. The third-order valence-corrected chi connectivity index (χ3v) is 6.49. The topological polar surface area (TPSA) is 91.6 Å². The summed E-state index contributed by atoms with van der Waals surface area (Å²) in [5.41, 5.74) is 4.01.